The van der Waals surface area contributed by atoms with Gasteiger partial charge in [-0.25, -0.2) is 0 Å². The van der Waals surface area contributed by atoms with Gasteiger partial charge in [0.1, 0.15) is 5.69 Å². The number of hydrogen-bond acceptors (Lipinski definition) is 4. The number of nitrogens with zero attached hydrogens (tertiary/aromatic N) is 3. The molecule has 0 aromatic carbocycles. The van der Waals surface area contributed by atoms with Crippen molar-refractivity contribution in [1.29, 1.82) is 0 Å². The first-order valence-electron chi connectivity index (χ1n) is 6.75. The molecule has 20 heavy (non-hydrogen) atoms. The van der Waals surface area contributed by atoms with Gasteiger partial charge in [-0.2, -0.15) is 0 Å². The zero-order valence-corrected chi connectivity index (χ0v) is 11.3. The molecule has 1 atom stereocenters. The molecule has 7 heteroatoms. The Morgan fingerprint density at radius 1 is 1.55 bits per heavy atom. The lowest BCUT2D eigenvalue weighted by molar-refractivity contribution is -0.384. The van der Waals surface area contributed by atoms with E-state index < -0.39 is 10.5 Å². The first kappa shape index (κ1) is 13.1. The summed E-state index contributed by atoms with van der Waals surface area (Å²) in [5, 5.41) is 20.8. The van der Waals surface area contributed by atoms with Crippen molar-refractivity contribution in [2.45, 2.75) is 37.8 Å². The summed E-state index contributed by atoms with van der Waals surface area (Å²) in [6.45, 7) is 2.45. The number of likely N-dealkylation sites (tertiary alicyclic amines) is 1. The number of aliphatic hydroxyl groups is 1. The summed E-state index contributed by atoms with van der Waals surface area (Å²) in [5.41, 5.74) is -0.554. The Morgan fingerprint density at radius 3 is 2.75 bits per heavy atom. The van der Waals surface area contributed by atoms with Gasteiger partial charge < -0.3 is 14.6 Å². The van der Waals surface area contributed by atoms with E-state index in [0.717, 1.165) is 12.8 Å². The molecule has 7 nitrogen and oxygen atoms in total. The van der Waals surface area contributed by atoms with Crippen LogP contribution in [0.4, 0.5) is 5.69 Å². The van der Waals surface area contributed by atoms with Crippen molar-refractivity contribution < 1.29 is 14.8 Å². The molecule has 1 aliphatic carbocycles. The maximum absolute atomic E-state index is 12.5. The van der Waals surface area contributed by atoms with E-state index >= 15 is 0 Å². The lowest BCUT2D eigenvalue weighted by Crippen LogP contribution is -2.34. The lowest BCUT2D eigenvalue weighted by atomic mass is 10.1. The van der Waals surface area contributed by atoms with Crippen molar-refractivity contribution in [2.24, 2.45) is 0 Å². The Morgan fingerprint density at radius 2 is 2.25 bits per heavy atom. The third-order valence-electron chi connectivity index (χ3n) is 3.94. The molecule has 1 aliphatic heterocycles. The summed E-state index contributed by atoms with van der Waals surface area (Å²) in [7, 11) is 0. The third kappa shape index (κ3) is 2.29. The van der Waals surface area contributed by atoms with Gasteiger partial charge in [-0.3, -0.25) is 14.9 Å². The molecule has 2 heterocycles. The van der Waals surface area contributed by atoms with Crippen LogP contribution in [0, 0.1) is 10.1 Å². The van der Waals surface area contributed by atoms with Crippen molar-refractivity contribution in [1.82, 2.24) is 9.47 Å². The molecule has 1 aromatic heterocycles. The fourth-order valence-electron chi connectivity index (χ4n) is 2.67. The van der Waals surface area contributed by atoms with E-state index in [4.69, 9.17) is 0 Å². The molecule has 1 amide bonds. The number of hydrogen-bond donors (Lipinski definition) is 1. The highest BCUT2D eigenvalue weighted by molar-refractivity contribution is 5.94. The van der Waals surface area contributed by atoms with Crippen LogP contribution in [0.15, 0.2) is 12.3 Å². The first-order chi connectivity index (χ1) is 9.37. The van der Waals surface area contributed by atoms with E-state index in [-0.39, 0.29) is 24.2 Å². The Balaban J connectivity index is 1.89. The van der Waals surface area contributed by atoms with Crippen LogP contribution in [-0.4, -0.2) is 44.1 Å². The molecule has 1 aromatic rings. The van der Waals surface area contributed by atoms with Crippen molar-refractivity contribution in [3.63, 3.8) is 0 Å². The number of carbonyl (C=O) groups excluding carboxylic acids is 1. The molecule has 0 radical (unpaired) electrons. The summed E-state index contributed by atoms with van der Waals surface area (Å²) in [6.07, 6.45) is 3.87. The molecule has 1 unspecified atom stereocenters. The van der Waals surface area contributed by atoms with Crippen LogP contribution < -0.4 is 0 Å². The lowest BCUT2D eigenvalue weighted by Gasteiger charge is -2.19. The van der Waals surface area contributed by atoms with Gasteiger partial charge in [0.05, 0.1) is 16.7 Å². The van der Waals surface area contributed by atoms with Crippen LogP contribution in [-0.2, 0) is 0 Å². The minimum Gasteiger partial charge on any atom is -0.388 e. The van der Waals surface area contributed by atoms with Crippen molar-refractivity contribution >= 4 is 11.6 Å². The second-order valence-electron chi connectivity index (χ2n) is 5.95. The summed E-state index contributed by atoms with van der Waals surface area (Å²) in [6, 6.07) is 1.54. The van der Waals surface area contributed by atoms with Crippen LogP contribution >= 0.6 is 0 Å². The van der Waals surface area contributed by atoms with E-state index in [1.54, 1.807) is 16.4 Å². The predicted octanol–water partition coefficient (Wildman–Crippen LogP) is 1.33. The Kier molecular flexibility index (Phi) is 2.82. The summed E-state index contributed by atoms with van der Waals surface area (Å²) in [4.78, 5) is 24.5. The Bertz CT molecular complexity index is 574. The van der Waals surface area contributed by atoms with E-state index in [2.05, 4.69) is 0 Å². The van der Waals surface area contributed by atoms with Crippen LogP contribution in [0.25, 0.3) is 0 Å². The van der Waals surface area contributed by atoms with Gasteiger partial charge in [-0.15, -0.1) is 0 Å². The molecule has 108 valence electrons. The second kappa shape index (κ2) is 4.31. The Labute approximate surface area is 115 Å². The minimum atomic E-state index is -0.863. The average molecular weight is 279 g/mol. The number of carbonyl (C=O) groups is 1. The first-order valence-corrected chi connectivity index (χ1v) is 6.75. The predicted molar refractivity (Wildman–Crippen MR) is 70.5 cm³/mol. The van der Waals surface area contributed by atoms with E-state index in [0.29, 0.717) is 18.7 Å². The molecular formula is C13H17N3O4. The molecule has 0 bridgehead atoms. The fraction of sp³-hybridized carbons (Fsp3) is 0.615. The van der Waals surface area contributed by atoms with Gasteiger partial charge in [0.15, 0.2) is 0 Å². The molecule has 0 spiro atoms. The summed E-state index contributed by atoms with van der Waals surface area (Å²) < 4.78 is 1.72. The number of aromatic nitrogens is 1. The highest BCUT2D eigenvalue weighted by Gasteiger charge is 2.37. The van der Waals surface area contributed by atoms with Gasteiger partial charge in [-0.05, 0) is 26.2 Å². The molecule has 2 aliphatic rings. The quantitative estimate of drug-likeness (QED) is 0.667. The SMILES string of the molecule is CC1(O)CCN(C(=O)c2cc([N+](=O)[O-])cn2C2CC2)C1. The maximum Gasteiger partial charge on any atom is 0.287 e. The minimum absolute atomic E-state index is 0.0498. The topological polar surface area (TPSA) is 88.6 Å². The van der Waals surface area contributed by atoms with Gasteiger partial charge in [-0.1, -0.05) is 0 Å². The van der Waals surface area contributed by atoms with Gasteiger partial charge in [0, 0.05) is 25.2 Å². The zero-order chi connectivity index (χ0) is 14.5. The van der Waals surface area contributed by atoms with Crippen LogP contribution in [0.5, 0.6) is 0 Å². The van der Waals surface area contributed by atoms with Gasteiger partial charge >= 0.3 is 0 Å². The van der Waals surface area contributed by atoms with Gasteiger partial charge in [0.2, 0.25) is 0 Å². The standard InChI is InChI=1S/C13H17N3O4/c1-13(18)4-5-14(8-13)12(17)11-6-10(16(19)20)7-15(11)9-2-3-9/h6-7,9,18H,2-5,8H2,1H3. The highest BCUT2D eigenvalue weighted by Crippen LogP contribution is 2.38. The monoisotopic (exact) mass is 279 g/mol. The van der Waals surface area contributed by atoms with E-state index in [1.165, 1.54) is 12.3 Å². The largest absolute Gasteiger partial charge is 0.388 e. The molecule has 1 saturated heterocycles. The second-order valence-corrected chi connectivity index (χ2v) is 5.95. The zero-order valence-electron chi connectivity index (χ0n) is 11.3. The molecule has 2 fully saturated rings. The van der Waals surface area contributed by atoms with Crippen LogP contribution in [0.2, 0.25) is 0 Å². The van der Waals surface area contributed by atoms with Gasteiger partial charge in [0.25, 0.3) is 11.6 Å². The number of amides is 1. The summed E-state index contributed by atoms with van der Waals surface area (Å²) in [5.74, 6) is -0.234. The molecular weight excluding hydrogens is 262 g/mol. The maximum atomic E-state index is 12.5. The highest BCUT2D eigenvalue weighted by atomic mass is 16.6. The molecule has 1 saturated carbocycles. The third-order valence-corrected chi connectivity index (χ3v) is 3.94. The van der Waals surface area contributed by atoms with E-state index in [1.807, 2.05) is 0 Å². The van der Waals surface area contributed by atoms with E-state index in [9.17, 15) is 20.0 Å². The number of rotatable bonds is 3. The number of β-amino-alcohol motifs (C(OH)–C–C–N with tert-alkyl or cyclic N) is 1. The van der Waals surface area contributed by atoms with Crippen molar-refractivity contribution in [2.75, 3.05) is 13.1 Å². The molecule has 1 N–H and O–H groups in total. The van der Waals surface area contributed by atoms with Crippen LogP contribution in [0.1, 0.15) is 42.7 Å². The Hall–Kier alpha value is -1.89. The normalized spacial score (nSPS) is 26.0. The number of nitro groups is 1. The van der Waals surface area contributed by atoms with Crippen molar-refractivity contribution in [3.05, 3.63) is 28.1 Å². The molecule has 3 rings (SSSR count). The fourth-order valence-corrected chi connectivity index (χ4v) is 2.67. The van der Waals surface area contributed by atoms with Crippen molar-refractivity contribution in [3.8, 4) is 0 Å². The smallest absolute Gasteiger partial charge is 0.287 e. The van der Waals surface area contributed by atoms with Crippen LogP contribution in [0.3, 0.4) is 0 Å². The summed E-state index contributed by atoms with van der Waals surface area (Å²) >= 11 is 0. The average Bonchev–Trinajstić information content (AvgIpc) is 3.01.